The lowest BCUT2D eigenvalue weighted by Gasteiger charge is -2.50. The number of ether oxygens (including phenoxy) is 1. The van der Waals surface area contributed by atoms with E-state index >= 15 is 0 Å². The molecule has 1 aromatic carbocycles. The van der Waals surface area contributed by atoms with E-state index in [4.69, 9.17) is 17.0 Å². The number of benzene rings is 1. The first-order valence-electron chi connectivity index (χ1n) is 5.97. The molecule has 6 nitrogen and oxygen atoms in total. The number of nitrogens with one attached hydrogen (secondary N) is 2. The number of non-ortho nitro benzene ring substituents is 1. The summed E-state index contributed by atoms with van der Waals surface area (Å²) in [4.78, 5) is 10.5. The number of nitro benzene ring substituents is 1. The Kier molecular flexibility index (Phi) is 2.43. The van der Waals surface area contributed by atoms with E-state index in [-0.39, 0.29) is 17.6 Å². The molecule has 1 saturated heterocycles. The second-order valence-corrected chi connectivity index (χ2v) is 5.46. The Labute approximate surface area is 115 Å². The molecule has 3 atom stereocenters. The lowest BCUT2D eigenvalue weighted by Crippen LogP contribution is -2.67. The zero-order valence-electron chi connectivity index (χ0n) is 10.5. The van der Waals surface area contributed by atoms with Gasteiger partial charge in [-0.1, -0.05) is 6.92 Å². The van der Waals surface area contributed by atoms with Crippen molar-refractivity contribution in [2.45, 2.75) is 25.6 Å². The van der Waals surface area contributed by atoms with Crippen LogP contribution >= 0.6 is 12.2 Å². The van der Waals surface area contributed by atoms with Crippen molar-refractivity contribution in [1.82, 2.24) is 10.6 Å². The Morgan fingerprint density at radius 3 is 2.95 bits per heavy atom. The van der Waals surface area contributed by atoms with E-state index in [2.05, 4.69) is 10.6 Å². The highest BCUT2D eigenvalue weighted by Crippen LogP contribution is 2.45. The molecule has 2 bridgehead atoms. The standard InChI is InChI=1S/C12H13N3O3S/c1-6-10-8-5-7(15(16)17)3-4-9(8)18-12(6,2)14-11(19)13-10/h3-6,10H,1-2H3,(H2,13,14,19). The minimum absolute atomic E-state index is 0.0596. The molecular formula is C12H13N3O3S. The second kappa shape index (κ2) is 3.80. The molecule has 0 amide bonds. The van der Waals surface area contributed by atoms with Crippen LogP contribution < -0.4 is 15.4 Å². The van der Waals surface area contributed by atoms with Gasteiger partial charge in [-0.25, -0.2) is 0 Å². The van der Waals surface area contributed by atoms with Gasteiger partial charge in [0.1, 0.15) is 5.75 Å². The summed E-state index contributed by atoms with van der Waals surface area (Å²) >= 11 is 5.16. The lowest BCUT2D eigenvalue weighted by atomic mass is 9.82. The van der Waals surface area contributed by atoms with E-state index in [0.29, 0.717) is 10.9 Å². The first-order chi connectivity index (χ1) is 8.90. The van der Waals surface area contributed by atoms with Crippen molar-refractivity contribution in [2.24, 2.45) is 5.92 Å². The summed E-state index contributed by atoms with van der Waals surface area (Å²) in [6.45, 7) is 3.95. The number of fused-ring (bicyclic) bond motifs is 4. The topological polar surface area (TPSA) is 76.4 Å². The average molecular weight is 279 g/mol. The van der Waals surface area contributed by atoms with Crippen molar-refractivity contribution in [3.8, 4) is 5.75 Å². The Hall–Kier alpha value is -1.89. The third-order valence-electron chi connectivity index (χ3n) is 3.88. The molecule has 7 heteroatoms. The van der Waals surface area contributed by atoms with Gasteiger partial charge in [0, 0.05) is 23.6 Å². The maximum atomic E-state index is 10.9. The molecule has 2 aliphatic rings. The highest BCUT2D eigenvalue weighted by atomic mass is 32.1. The number of thiocarbonyl (C=S) groups is 1. The third kappa shape index (κ3) is 1.73. The quantitative estimate of drug-likeness (QED) is 0.464. The first kappa shape index (κ1) is 12.2. The van der Waals surface area contributed by atoms with Crippen LogP contribution in [0.15, 0.2) is 18.2 Å². The normalized spacial score (nSPS) is 31.6. The van der Waals surface area contributed by atoms with Crippen molar-refractivity contribution in [3.63, 3.8) is 0 Å². The predicted octanol–water partition coefficient (Wildman–Crippen LogP) is 1.86. The molecule has 1 aromatic rings. The number of hydrogen-bond donors (Lipinski definition) is 2. The van der Waals surface area contributed by atoms with Crippen molar-refractivity contribution >= 4 is 23.0 Å². The fourth-order valence-corrected chi connectivity index (χ4v) is 2.97. The third-order valence-corrected chi connectivity index (χ3v) is 4.10. The Balaban J connectivity index is 2.13. The molecular weight excluding hydrogens is 266 g/mol. The van der Waals surface area contributed by atoms with E-state index in [9.17, 15) is 10.1 Å². The minimum atomic E-state index is -0.587. The molecule has 0 aliphatic carbocycles. The predicted molar refractivity (Wildman–Crippen MR) is 72.9 cm³/mol. The molecule has 0 saturated carbocycles. The summed E-state index contributed by atoms with van der Waals surface area (Å²) in [5.41, 5.74) is 0.253. The molecule has 0 aromatic heterocycles. The van der Waals surface area contributed by atoms with E-state index in [0.717, 1.165) is 5.56 Å². The number of nitrogens with zero attached hydrogens (tertiary/aromatic N) is 1. The van der Waals surface area contributed by atoms with Crippen LogP contribution in [-0.2, 0) is 0 Å². The largest absolute Gasteiger partial charge is 0.468 e. The summed E-state index contributed by atoms with van der Waals surface area (Å²) in [5, 5.41) is 17.7. The van der Waals surface area contributed by atoms with Gasteiger partial charge in [-0.05, 0) is 25.2 Å². The van der Waals surface area contributed by atoms with Crippen LogP contribution in [-0.4, -0.2) is 15.8 Å². The van der Waals surface area contributed by atoms with E-state index in [1.165, 1.54) is 6.07 Å². The lowest BCUT2D eigenvalue weighted by molar-refractivity contribution is -0.385. The molecule has 2 aliphatic heterocycles. The van der Waals surface area contributed by atoms with Crippen LogP contribution in [0.25, 0.3) is 0 Å². The van der Waals surface area contributed by atoms with Crippen molar-refractivity contribution < 1.29 is 9.66 Å². The van der Waals surface area contributed by atoms with Gasteiger partial charge in [0.15, 0.2) is 10.8 Å². The number of rotatable bonds is 1. The van der Waals surface area contributed by atoms with Crippen molar-refractivity contribution in [1.29, 1.82) is 0 Å². The smallest absolute Gasteiger partial charge is 0.270 e. The average Bonchev–Trinajstić information content (AvgIpc) is 2.32. The maximum absolute atomic E-state index is 10.9. The zero-order valence-corrected chi connectivity index (χ0v) is 11.3. The van der Waals surface area contributed by atoms with Crippen LogP contribution in [0.2, 0.25) is 0 Å². The molecule has 19 heavy (non-hydrogen) atoms. The van der Waals surface area contributed by atoms with E-state index < -0.39 is 10.6 Å². The van der Waals surface area contributed by atoms with Crippen LogP contribution in [0.1, 0.15) is 25.5 Å². The van der Waals surface area contributed by atoms with Gasteiger partial charge in [-0.3, -0.25) is 10.1 Å². The number of nitro groups is 1. The summed E-state index contributed by atoms with van der Waals surface area (Å²) in [7, 11) is 0. The number of hydrogen-bond acceptors (Lipinski definition) is 4. The summed E-state index contributed by atoms with van der Waals surface area (Å²) < 4.78 is 5.95. The van der Waals surface area contributed by atoms with Crippen LogP contribution in [0.4, 0.5) is 5.69 Å². The summed E-state index contributed by atoms with van der Waals surface area (Å²) in [5.74, 6) is 0.743. The van der Waals surface area contributed by atoms with Gasteiger partial charge >= 0.3 is 0 Å². The van der Waals surface area contributed by atoms with Gasteiger partial charge in [-0.2, -0.15) is 0 Å². The van der Waals surface area contributed by atoms with Crippen molar-refractivity contribution in [3.05, 3.63) is 33.9 Å². The monoisotopic (exact) mass is 279 g/mol. The van der Waals surface area contributed by atoms with Crippen LogP contribution in [0, 0.1) is 16.0 Å². The van der Waals surface area contributed by atoms with Crippen molar-refractivity contribution in [2.75, 3.05) is 0 Å². The molecule has 3 rings (SSSR count). The van der Waals surface area contributed by atoms with Crippen LogP contribution in [0.3, 0.4) is 0 Å². The molecule has 0 spiro atoms. The molecule has 2 N–H and O–H groups in total. The van der Waals surface area contributed by atoms with Crippen LogP contribution in [0.5, 0.6) is 5.75 Å². The summed E-state index contributed by atoms with van der Waals surface area (Å²) in [6, 6.07) is 4.56. The van der Waals surface area contributed by atoms with Gasteiger partial charge in [0.25, 0.3) is 5.69 Å². The molecule has 3 unspecified atom stereocenters. The maximum Gasteiger partial charge on any atom is 0.270 e. The Bertz CT molecular complexity index is 592. The Morgan fingerprint density at radius 2 is 2.26 bits per heavy atom. The molecule has 0 radical (unpaired) electrons. The fourth-order valence-electron chi connectivity index (χ4n) is 2.64. The highest BCUT2D eigenvalue weighted by Gasteiger charge is 2.48. The molecule has 100 valence electrons. The molecule has 2 heterocycles. The highest BCUT2D eigenvalue weighted by molar-refractivity contribution is 7.80. The van der Waals surface area contributed by atoms with E-state index in [1.54, 1.807) is 12.1 Å². The summed E-state index contributed by atoms with van der Waals surface area (Å²) in [6.07, 6.45) is 0. The Morgan fingerprint density at radius 1 is 1.53 bits per heavy atom. The van der Waals surface area contributed by atoms with Gasteiger partial charge in [0.2, 0.25) is 0 Å². The molecule has 1 fully saturated rings. The van der Waals surface area contributed by atoms with Gasteiger partial charge < -0.3 is 15.4 Å². The fraction of sp³-hybridized carbons (Fsp3) is 0.417. The van der Waals surface area contributed by atoms with E-state index in [1.807, 2.05) is 13.8 Å². The SMILES string of the molecule is CC1C2NC(=S)NC1(C)Oc1ccc([N+](=O)[O-])cc12. The zero-order chi connectivity index (χ0) is 13.8. The van der Waals surface area contributed by atoms with Gasteiger partial charge in [-0.15, -0.1) is 0 Å². The van der Waals surface area contributed by atoms with Gasteiger partial charge in [0.05, 0.1) is 11.0 Å². The second-order valence-electron chi connectivity index (χ2n) is 5.05. The first-order valence-corrected chi connectivity index (χ1v) is 6.37. The minimum Gasteiger partial charge on any atom is -0.468 e.